The van der Waals surface area contributed by atoms with Crippen molar-refractivity contribution in [2.45, 2.75) is 4.90 Å². The lowest BCUT2D eigenvalue weighted by Gasteiger charge is -2.12. The van der Waals surface area contributed by atoms with Gasteiger partial charge in [-0.2, -0.15) is 0 Å². The van der Waals surface area contributed by atoms with E-state index in [1.807, 2.05) is 0 Å². The Morgan fingerprint density at radius 3 is 1.85 bits per heavy atom. The fraction of sp³-hybridized carbons (Fsp3) is 0. The Morgan fingerprint density at radius 1 is 0.741 bits per heavy atom. The Morgan fingerprint density at radius 2 is 1.26 bits per heavy atom. The van der Waals surface area contributed by atoms with Crippen molar-refractivity contribution >= 4 is 27.3 Å². The highest BCUT2D eigenvalue weighted by molar-refractivity contribution is 7.92. The molecular formula is C19H16N2O5S. The number of nitrogens with one attached hydrogen (secondary N) is 2. The van der Waals surface area contributed by atoms with Crippen molar-refractivity contribution in [3.63, 3.8) is 0 Å². The Labute approximate surface area is 156 Å². The van der Waals surface area contributed by atoms with E-state index in [4.69, 9.17) is 0 Å². The lowest BCUT2D eigenvalue weighted by molar-refractivity contribution is 0.102. The highest BCUT2D eigenvalue weighted by atomic mass is 32.2. The van der Waals surface area contributed by atoms with Crippen molar-refractivity contribution in [1.29, 1.82) is 0 Å². The van der Waals surface area contributed by atoms with Crippen LogP contribution in [0.4, 0.5) is 11.4 Å². The third-order valence-electron chi connectivity index (χ3n) is 3.67. The van der Waals surface area contributed by atoms with E-state index in [2.05, 4.69) is 10.0 Å². The Balaban J connectivity index is 1.89. The maximum absolute atomic E-state index is 12.7. The van der Waals surface area contributed by atoms with Gasteiger partial charge in [-0.3, -0.25) is 9.52 Å². The predicted molar refractivity (Wildman–Crippen MR) is 101 cm³/mol. The minimum Gasteiger partial charge on any atom is -0.508 e. The zero-order valence-electron chi connectivity index (χ0n) is 14.0. The molecule has 0 aromatic heterocycles. The summed E-state index contributed by atoms with van der Waals surface area (Å²) in [6.45, 7) is 0. The van der Waals surface area contributed by atoms with Gasteiger partial charge < -0.3 is 15.5 Å². The summed E-state index contributed by atoms with van der Waals surface area (Å²) in [5, 5.41) is 21.2. The van der Waals surface area contributed by atoms with Crippen molar-refractivity contribution < 1.29 is 23.4 Å². The highest BCUT2D eigenvalue weighted by Gasteiger charge is 2.22. The number of phenols is 2. The summed E-state index contributed by atoms with van der Waals surface area (Å²) in [6, 6.07) is 17.1. The quantitative estimate of drug-likeness (QED) is 0.504. The molecule has 3 aromatic carbocycles. The molecule has 0 radical (unpaired) electrons. The normalized spacial score (nSPS) is 11.0. The number of carbonyl (C=O) groups is 1. The second-order valence-corrected chi connectivity index (χ2v) is 7.30. The first-order valence-electron chi connectivity index (χ1n) is 7.86. The number of rotatable bonds is 5. The lowest BCUT2D eigenvalue weighted by atomic mass is 10.2. The zero-order valence-corrected chi connectivity index (χ0v) is 14.8. The molecule has 0 heterocycles. The molecule has 27 heavy (non-hydrogen) atoms. The monoisotopic (exact) mass is 384 g/mol. The number of phenolic OH excluding ortho intramolecular Hbond substituents is 2. The third-order valence-corrected chi connectivity index (χ3v) is 5.11. The number of sulfonamides is 1. The molecule has 0 aliphatic rings. The second kappa shape index (κ2) is 7.38. The van der Waals surface area contributed by atoms with Crippen LogP contribution in [0.15, 0.2) is 77.7 Å². The molecule has 7 nitrogen and oxygen atoms in total. The van der Waals surface area contributed by atoms with Crippen molar-refractivity contribution in [2.24, 2.45) is 0 Å². The van der Waals surface area contributed by atoms with Crippen LogP contribution in [-0.4, -0.2) is 24.5 Å². The third kappa shape index (κ3) is 4.36. The standard InChI is InChI=1S/C19H16N2O5S/c22-15-9-5-13(6-10-15)20-19(24)17-3-1-2-4-18(17)27(25,26)21-14-7-11-16(23)12-8-14/h1-12,21-23H,(H,20,24). The Kier molecular flexibility index (Phi) is 5.00. The molecule has 4 N–H and O–H groups in total. The molecule has 0 saturated heterocycles. The molecule has 0 bridgehead atoms. The fourth-order valence-corrected chi connectivity index (χ4v) is 3.64. The fourth-order valence-electron chi connectivity index (χ4n) is 2.37. The number of hydrogen-bond acceptors (Lipinski definition) is 5. The summed E-state index contributed by atoms with van der Waals surface area (Å²) in [5.74, 6) is -0.548. The van der Waals surface area contributed by atoms with Crippen LogP contribution in [0, 0.1) is 0 Å². The maximum atomic E-state index is 12.7. The van der Waals surface area contributed by atoms with E-state index in [0.29, 0.717) is 5.69 Å². The summed E-state index contributed by atoms with van der Waals surface area (Å²) < 4.78 is 27.8. The minimum atomic E-state index is -4.03. The zero-order chi connectivity index (χ0) is 19.4. The first kappa shape index (κ1) is 18.3. The average molecular weight is 384 g/mol. The summed E-state index contributed by atoms with van der Waals surface area (Å²) in [5.41, 5.74) is 0.634. The van der Waals surface area contributed by atoms with Crippen LogP contribution in [0.3, 0.4) is 0 Å². The maximum Gasteiger partial charge on any atom is 0.262 e. The van der Waals surface area contributed by atoms with Crippen LogP contribution in [0.2, 0.25) is 0 Å². The van der Waals surface area contributed by atoms with E-state index in [1.54, 1.807) is 6.07 Å². The van der Waals surface area contributed by atoms with Crippen LogP contribution in [0.5, 0.6) is 11.5 Å². The molecule has 0 atom stereocenters. The molecular weight excluding hydrogens is 368 g/mol. The van der Waals surface area contributed by atoms with Crippen LogP contribution >= 0.6 is 0 Å². The van der Waals surface area contributed by atoms with Crippen LogP contribution < -0.4 is 10.0 Å². The van der Waals surface area contributed by atoms with Crippen LogP contribution in [0.25, 0.3) is 0 Å². The van der Waals surface area contributed by atoms with E-state index in [0.717, 1.165) is 0 Å². The van der Waals surface area contributed by atoms with E-state index < -0.39 is 15.9 Å². The van der Waals surface area contributed by atoms with Gasteiger partial charge in [0, 0.05) is 11.4 Å². The van der Waals surface area contributed by atoms with Gasteiger partial charge in [0.05, 0.1) is 5.56 Å². The summed E-state index contributed by atoms with van der Waals surface area (Å²) in [4.78, 5) is 12.4. The van der Waals surface area contributed by atoms with E-state index >= 15 is 0 Å². The van der Waals surface area contributed by atoms with Crippen molar-refractivity contribution in [2.75, 3.05) is 10.0 Å². The molecule has 0 aliphatic carbocycles. The molecule has 3 aromatic rings. The summed E-state index contributed by atoms with van der Waals surface area (Å²) in [7, 11) is -4.03. The topological polar surface area (TPSA) is 116 Å². The van der Waals surface area contributed by atoms with E-state index in [9.17, 15) is 23.4 Å². The average Bonchev–Trinajstić information content (AvgIpc) is 2.65. The molecule has 8 heteroatoms. The SMILES string of the molecule is O=C(Nc1ccc(O)cc1)c1ccccc1S(=O)(=O)Nc1ccc(O)cc1. The summed E-state index contributed by atoms with van der Waals surface area (Å²) >= 11 is 0. The number of carbonyl (C=O) groups excluding carboxylic acids is 1. The molecule has 1 amide bonds. The summed E-state index contributed by atoms with van der Waals surface area (Å²) in [6.07, 6.45) is 0. The molecule has 0 spiro atoms. The van der Waals surface area contributed by atoms with Crippen molar-refractivity contribution in [3.8, 4) is 11.5 Å². The van der Waals surface area contributed by atoms with Gasteiger partial charge in [0.25, 0.3) is 15.9 Å². The molecule has 138 valence electrons. The van der Waals surface area contributed by atoms with Crippen molar-refractivity contribution in [3.05, 3.63) is 78.4 Å². The van der Waals surface area contributed by atoms with Gasteiger partial charge in [0.1, 0.15) is 16.4 Å². The van der Waals surface area contributed by atoms with Gasteiger partial charge in [-0.05, 0) is 60.7 Å². The molecule has 3 rings (SSSR count). The molecule has 0 saturated carbocycles. The second-order valence-electron chi connectivity index (χ2n) is 5.65. The minimum absolute atomic E-state index is 0.00613. The predicted octanol–water partition coefficient (Wildman–Crippen LogP) is 3.15. The number of benzene rings is 3. The van der Waals surface area contributed by atoms with Gasteiger partial charge in [0.15, 0.2) is 0 Å². The Hall–Kier alpha value is -3.52. The smallest absolute Gasteiger partial charge is 0.262 e. The number of aromatic hydroxyl groups is 2. The molecule has 0 fully saturated rings. The Bertz CT molecular complexity index is 1060. The molecule has 0 unspecified atom stereocenters. The highest BCUT2D eigenvalue weighted by Crippen LogP contribution is 2.22. The van der Waals surface area contributed by atoms with Crippen molar-refractivity contribution in [1.82, 2.24) is 0 Å². The number of anilines is 2. The van der Waals surface area contributed by atoms with Gasteiger partial charge >= 0.3 is 0 Å². The van der Waals surface area contributed by atoms with Gasteiger partial charge in [0.2, 0.25) is 0 Å². The van der Waals surface area contributed by atoms with Gasteiger partial charge in [-0.1, -0.05) is 12.1 Å². The first-order chi connectivity index (χ1) is 12.8. The first-order valence-corrected chi connectivity index (χ1v) is 9.35. The van der Waals surface area contributed by atoms with Crippen LogP contribution in [0.1, 0.15) is 10.4 Å². The molecule has 0 aliphatic heterocycles. The van der Waals surface area contributed by atoms with Gasteiger partial charge in [-0.15, -0.1) is 0 Å². The lowest BCUT2D eigenvalue weighted by Crippen LogP contribution is -2.20. The van der Waals surface area contributed by atoms with Gasteiger partial charge in [-0.25, -0.2) is 8.42 Å². The number of amides is 1. The van der Waals surface area contributed by atoms with Crippen LogP contribution in [-0.2, 0) is 10.0 Å². The number of hydrogen-bond donors (Lipinski definition) is 4. The largest absolute Gasteiger partial charge is 0.508 e. The van der Waals surface area contributed by atoms with E-state index in [1.165, 1.54) is 66.7 Å². The van der Waals surface area contributed by atoms with E-state index in [-0.39, 0.29) is 27.6 Å².